The SMILES string of the molecule is Cc1cccc(CC(CBr)CCc2ccnn2C)c1. The number of benzene rings is 1. The summed E-state index contributed by atoms with van der Waals surface area (Å²) in [5, 5.41) is 5.28. The molecule has 0 aliphatic carbocycles. The van der Waals surface area contributed by atoms with Crippen molar-refractivity contribution in [1.29, 1.82) is 0 Å². The summed E-state index contributed by atoms with van der Waals surface area (Å²) in [7, 11) is 2.01. The van der Waals surface area contributed by atoms with E-state index in [-0.39, 0.29) is 0 Å². The Labute approximate surface area is 124 Å². The van der Waals surface area contributed by atoms with Crippen LogP contribution in [0.25, 0.3) is 0 Å². The van der Waals surface area contributed by atoms with Crippen LogP contribution in [0.5, 0.6) is 0 Å². The van der Waals surface area contributed by atoms with Gasteiger partial charge < -0.3 is 0 Å². The van der Waals surface area contributed by atoms with E-state index in [0.717, 1.165) is 18.2 Å². The Kier molecular flexibility index (Phi) is 5.20. The van der Waals surface area contributed by atoms with Gasteiger partial charge >= 0.3 is 0 Å². The number of hydrogen-bond acceptors (Lipinski definition) is 1. The van der Waals surface area contributed by atoms with Crippen LogP contribution in [0.15, 0.2) is 36.5 Å². The van der Waals surface area contributed by atoms with Crippen molar-refractivity contribution in [3.63, 3.8) is 0 Å². The molecule has 3 heteroatoms. The summed E-state index contributed by atoms with van der Waals surface area (Å²) < 4.78 is 1.97. The lowest BCUT2D eigenvalue weighted by atomic mass is 9.95. The predicted molar refractivity (Wildman–Crippen MR) is 83.7 cm³/mol. The van der Waals surface area contributed by atoms with Crippen LogP contribution >= 0.6 is 15.9 Å². The molecule has 1 atom stereocenters. The fraction of sp³-hybridized carbons (Fsp3) is 0.438. The molecule has 2 nitrogen and oxygen atoms in total. The topological polar surface area (TPSA) is 17.8 Å². The second kappa shape index (κ2) is 6.90. The lowest BCUT2D eigenvalue weighted by Crippen LogP contribution is -2.09. The van der Waals surface area contributed by atoms with Crippen LogP contribution in [0.2, 0.25) is 0 Å². The molecule has 0 radical (unpaired) electrons. The molecular formula is C16H21BrN2. The lowest BCUT2D eigenvalue weighted by Gasteiger charge is -2.14. The van der Waals surface area contributed by atoms with Crippen molar-refractivity contribution < 1.29 is 0 Å². The third-order valence-corrected chi connectivity index (χ3v) is 4.47. The zero-order chi connectivity index (χ0) is 13.7. The number of nitrogens with zero attached hydrogens (tertiary/aromatic N) is 2. The van der Waals surface area contributed by atoms with Crippen LogP contribution in [0.3, 0.4) is 0 Å². The third kappa shape index (κ3) is 4.20. The van der Waals surface area contributed by atoms with Crippen molar-refractivity contribution in [1.82, 2.24) is 9.78 Å². The van der Waals surface area contributed by atoms with Gasteiger partial charge in [0.2, 0.25) is 0 Å². The molecule has 0 amide bonds. The van der Waals surface area contributed by atoms with E-state index >= 15 is 0 Å². The minimum atomic E-state index is 0.678. The van der Waals surface area contributed by atoms with E-state index in [1.807, 2.05) is 17.9 Å². The number of aryl methyl sites for hydroxylation is 3. The van der Waals surface area contributed by atoms with Crippen LogP contribution in [-0.4, -0.2) is 15.1 Å². The van der Waals surface area contributed by atoms with Gasteiger partial charge in [-0.25, -0.2) is 0 Å². The summed E-state index contributed by atoms with van der Waals surface area (Å²) in [5.41, 5.74) is 4.10. The number of rotatable bonds is 6. The second-order valence-electron chi connectivity index (χ2n) is 5.20. The first kappa shape index (κ1) is 14.3. The molecule has 102 valence electrons. The van der Waals surface area contributed by atoms with Crippen LogP contribution in [0, 0.1) is 12.8 Å². The van der Waals surface area contributed by atoms with Gasteiger partial charge in [0.25, 0.3) is 0 Å². The van der Waals surface area contributed by atoms with Crippen molar-refractivity contribution in [2.24, 2.45) is 13.0 Å². The van der Waals surface area contributed by atoms with E-state index in [1.54, 1.807) is 0 Å². The van der Waals surface area contributed by atoms with Gasteiger partial charge in [-0.3, -0.25) is 4.68 Å². The van der Waals surface area contributed by atoms with E-state index in [2.05, 4.69) is 58.3 Å². The van der Waals surface area contributed by atoms with Crippen molar-refractivity contribution in [3.8, 4) is 0 Å². The summed E-state index contributed by atoms with van der Waals surface area (Å²) in [6, 6.07) is 10.9. The monoisotopic (exact) mass is 320 g/mol. The Bertz CT molecular complexity index is 519. The summed E-state index contributed by atoms with van der Waals surface area (Å²) in [5.74, 6) is 0.678. The Morgan fingerprint density at radius 2 is 2.16 bits per heavy atom. The van der Waals surface area contributed by atoms with Gasteiger partial charge in [-0.2, -0.15) is 5.10 Å². The van der Waals surface area contributed by atoms with Crippen molar-refractivity contribution in [2.45, 2.75) is 26.2 Å². The molecule has 1 aromatic heterocycles. The molecule has 0 aliphatic rings. The molecule has 0 saturated carbocycles. The Morgan fingerprint density at radius 1 is 1.32 bits per heavy atom. The van der Waals surface area contributed by atoms with E-state index in [0.29, 0.717) is 5.92 Å². The molecule has 1 aromatic carbocycles. The van der Waals surface area contributed by atoms with Crippen molar-refractivity contribution >= 4 is 15.9 Å². The molecule has 1 unspecified atom stereocenters. The summed E-state index contributed by atoms with van der Waals surface area (Å²) in [6.07, 6.45) is 5.31. The maximum Gasteiger partial charge on any atom is 0.0492 e. The molecule has 2 rings (SSSR count). The highest BCUT2D eigenvalue weighted by atomic mass is 79.9. The number of halogens is 1. The summed E-state index contributed by atoms with van der Waals surface area (Å²) >= 11 is 3.65. The largest absolute Gasteiger partial charge is 0.273 e. The quantitative estimate of drug-likeness (QED) is 0.738. The van der Waals surface area contributed by atoms with Crippen molar-refractivity contribution in [3.05, 3.63) is 53.3 Å². The second-order valence-corrected chi connectivity index (χ2v) is 5.85. The first-order valence-corrected chi connectivity index (χ1v) is 7.89. The predicted octanol–water partition coefficient (Wildman–Crippen LogP) is 3.91. The smallest absolute Gasteiger partial charge is 0.0492 e. The fourth-order valence-corrected chi connectivity index (χ4v) is 2.96. The van der Waals surface area contributed by atoms with E-state index in [4.69, 9.17) is 0 Å². The standard InChI is InChI=1S/C16H21BrN2/c1-13-4-3-5-14(10-13)11-15(12-17)6-7-16-8-9-18-19(16)2/h3-5,8-10,15H,6-7,11-12H2,1-2H3. The Morgan fingerprint density at radius 3 is 2.79 bits per heavy atom. The molecule has 0 fully saturated rings. The molecule has 1 heterocycles. The van der Waals surface area contributed by atoms with Crippen LogP contribution in [0.4, 0.5) is 0 Å². The molecular weight excluding hydrogens is 300 g/mol. The number of aromatic nitrogens is 2. The highest BCUT2D eigenvalue weighted by Crippen LogP contribution is 2.18. The minimum Gasteiger partial charge on any atom is -0.273 e. The normalized spacial score (nSPS) is 12.6. The fourth-order valence-electron chi connectivity index (χ4n) is 2.40. The molecule has 0 aliphatic heterocycles. The zero-order valence-corrected chi connectivity index (χ0v) is 13.2. The summed E-state index contributed by atoms with van der Waals surface area (Å²) in [6.45, 7) is 2.16. The number of alkyl halides is 1. The van der Waals surface area contributed by atoms with E-state index < -0.39 is 0 Å². The Balaban J connectivity index is 1.92. The van der Waals surface area contributed by atoms with Gasteiger partial charge in [-0.05, 0) is 43.7 Å². The molecule has 2 aromatic rings. The molecule has 0 saturated heterocycles. The average molecular weight is 321 g/mol. The number of hydrogen-bond donors (Lipinski definition) is 0. The highest BCUT2D eigenvalue weighted by Gasteiger charge is 2.10. The highest BCUT2D eigenvalue weighted by molar-refractivity contribution is 9.09. The van der Waals surface area contributed by atoms with Crippen LogP contribution in [-0.2, 0) is 19.9 Å². The zero-order valence-electron chi connectivity index (χ0n) is 11.6. The van der Waals surface area contributed by atoms with E-state index in [9.17, 15) is 0 Å². The summed E-state index contributed by atoms with van der Waals surface area (Å²) in [4.78, 5) is 0. The molecule has 0 spiro atoms. The van der Waals surface area contributed by atoms with Crippen LogP contribution in [0.1, 0.15) is 23.2 Å². The lowest BCUT2D eigenvalue weighted by molar-refractivity contribution is 0.528. The van der Waals surface area contributed by atoms with Gasteiger partial charge in [0, 0.05) is 24.3 Å². The van der Waals surface area contributed by atoms with Gasteiger partial charge in [0.15, 0.2) is 0 Å². The molecule has 0 bridgehead atoms. The maximum absolute atomic E-state index is 4.22. The van der Waals surface area contributed by atoms with Gasteiger partial charge in [0.05, 0.1) is 0 Å². The molecule has 19 heavy (non-hydrogen) atoms. The van der Waals surface area contributed by atoms with Crippen LogP contribution < -0.4 is 0 Å². The molecule has 0 N–H and O–H groups in total. The average Bonchev–Trinajstić information content (AvgIpc) is 2.80. The first-order valence-electron chi connectivity index (χ1n) is 6.77. The maximum atomic E-state index is 4.22. The first-order chi connectivity index (χ1) is 9.19. The third-order valence-electron chi connectivity index (χ3n) is 3.56. The van der Waals surface area contributed by atoms with Gasteiger partial charge in [0.1, 0.15) is 0 Å². The Hall–Kier alpha value is -1.09. The van der Waals surface area contributed by atoms with Crippen molar-refractivity contribution in [2.75, 3.05) is 5.33 Å². The van der Waals surface area contributed by atoms with Gasteiger partial charge in [-0.15, -0.1) is 0 Å². The van der Waals surface area contributed by atoms with E-state index in [1.165, 1.54) is 23.2 Å². The minimum absolute atomic E-state index is 0.678. The van der Waals surface area contributed by atoms with Gasteiger partial charge in [-0.1, -0.05) is 45.8 Å².